The first-order valence-corrected chi connectivity index (χ1v) is 6.68. The summed E-state index contributed by atoms with van der Waals surface area (Å²) in [5.74, 6) is -0.424. The largest absolute Gasteiger partial charge is 0.508 e. The number of rotatable bonds is 5. The van der Waals surface area contributed by atoms with Crippen LogP contribution in [0.2, 0.25) is 0 Å². The number of aryl methyl sites for hydroxylation is 1. The molecule has 1 aromatic carbocycles. The van der Waals surface area contributed by atoms with Crippen molar-refractivity contribution in [2.75, 3.05) is 0 Å². The van der Waals surface area contributed by atoms with E-state index in [0.29, 0.717) is 5.75 Å². The first-order chi connectivity index (χ1) is 9.10. The third-order valence-corrected chi connectivity index (χ3v) is 3.85. The van der Waals surface area contributed by atoms with Crippen LogP contribution >= 0.6 is 11.3 Å². The molecule has 1 heterocycles. The zero-order valence-electron chi connectivity index (χ0n) is 10.4. The van der Waals surface area contributed by atoms with E-state index in [4.69, 9.17) is 9.84 Å². The van der Waals surface area contributed by atoms with Gasteiger partial charge in [-0.25, -0.2) is 4.79 Å². The third kappa shape index (κ3) is 3.26. The van der Waals surface area contributed by atoms with Crippen molar-refractivity contribution in [3.63, 3.8) is 0 Å². The Morgan fingerprint density at radius 1 is 1.37 bits per heavy atom. The smallest absolute Gasteiger partial charge is 0.349 e. The summed E-state index contributed by atoms with van der Waals surface area (Å²) in [6, 6.07) is 8.46. The Labute approximate surface area is 114 Å². The van der Waals surface area contributed by atoms with Crippen molar-refractivity contribution in [2.45, 2.75) is 20.0 Å². The molecule has 0 unspecified atom stereocenters. The fraction of sp³-hybridized carbons (Fsp3) is 0.214. The molecule has 0 aliphatic heterocycles. The molecule has 2 rings (SSSR count). The van der Waals surface area contributed by atoms with Gasteiger partial charge in [-0.15, -0.1) is 11.3 Å². The van der Waals surface area contributed by atoms with Crippen LogP contribution in [0.4, 0.5) is 0 Å². The van der Waals surface area contributed by atoms with Gasteiger partial charge >= 0.3 is 5.97 Å². The molecule has 19 heavy (non-hydrogen) atoms. The third-order valence-electron chi connectivity index (χ3n) is 2.60. The minimum Gasteiger partial charge on any atom is -0.508 e. The van der Waals surface area contributed by atoms with Gasteiger partial charge in [-0.1, -0.05) is 19.1 Å². The summed E-state index contributed by atoms with van der Waals surface area (Å²) in [7, 11) is 0. The van der Waals surface area contributed by atoms with Gasteiger partial charge < -0.3 is 14.9 Å². The number of carboxylic acid groups (broad SMARTS) is 1. The number of ether oxygens (including phenoxy) is 1. The molecule has 100 valence electrons. The number of phenols is 1. The van der Waals surface area contributed by atoms with Crippen LogP contribution in [0.15, 0.2) is 30.3 Å². The fourth-order valence-corrected chi connectivity index (χ4v) is 2.54. The number of hydrogen-bond acceptors (Lipinski definition) is 4. The topological polar surface area (TPSA) is 66.8 Å². The van der Waals surface area contributed by atoms with Gasteiger partial charge in [0.25, 0.3) is 0 Å². The predicted molar refractivity (Wildman–Crippen MR) is 73.1 cm³/mol. The number of phenolic OH excluding ortho intramolecular Hbond substituents is 1. The fourth-order valence-electron chi connectivity index (χ4n) is 1.66. The lowest BCUT2D eigenvalue weighted by molar-refractivity contribution is 0.0697. The first-order valence-electron chi connectivity index (χ1n) is 5.87. The maximum absolute atomic E-state index is 11.1. The lowest BCUT2D eigenvalue weighted by Crippen LogP contribution is -1.99. The highest BCUT2D eigenvalue weighted by Crippen LogP contribution is 2.30. The highest BCUT2D eigenvalue weighted by Gasteiger charge is 2.16. The molecule has 0 bridgehead atoms. The van der Waals surface area contributed by atoms with E-state index in [2.05, 4.69) is 0 Å². The Morgan fingerprint density at radius 3 is 2.79 bits per heavy atom. The molecule has 1 aromatic heterocycles. The highest BCUT2D eigenvalue weighted by atomic mass is 32.1. The van der Waals surface area contributed by atoms with Crippen molar-refractivity contribution in [1.82, 2.24) is 0 Å². The minimum atomic E-state index is -0.976. The predicted octanol–water partition coefficient (Wildman–Crippen LogP) is 3.29. The van der Waals surface area contributed by atoms with E-state index in [-0.39, 0.29) is 17.2 Å². The second-order valence-electron chi connectivity index (χ2n) is 4.02. The molecule has 0 amide bonds. The Kier molecular flexibility index (Phi) is 4.06. The number of carbonyl (C=O) groups is 1. The van der Waals surface area contributed by atoms with Gasteiger partial charge in [-0.2, -0.15) is 0 Å². The van der Waals surface area contributed by atoms with Crippen LogP contribution in [0, 0.1) is 0 Å². The molecule has 4 nitrogen and oxygen atoms in total. The second-order valence-corrected chi connectivity index (χ2v) is 5.16. The maximum atomic E-state index is 11.1. The highest BCUT2D eigenvalue weighted by molar-refractivity contribution is 7.14. The van der Waals surface area contributed by atoms with Gasteiger partial charge in [0.15, 0.2) is 4.88 Å². The van der Waals surface area contributed by atoms with Crippen molar-refractivity contribution in [3.8, 4) is 11.5 Å². The monoisotopic (exact) mass is 278 g/mol. The normalized spacial score (nSPS) is 10.4. The molecule has 0 aliphatic carbocycles. The van der Waals surface area contributed by atoms with Gasteiger partial charge in [0, 0.05) is 4.88 Å². The summed E-state index contributed by atoms with van der Waals surface area (Å²) < 4.78 is 5.54. The van der Waals surface area contributed by atoms with E-state index in [0.717, 1.165) is 16.9 Å². The molecule has 0 fully saturated rings. The lowest BCUT2D eigenvalue weighted by Gasteiger charge is -2.05. The average molecular weight is 278 g/mol. The molecule has 0 spiro atoms. The summed E-state index contributed by atoms with van der Waals surface area (Å²) in [5, 5.41) is 18.5. The number of aromatic carboxylic acids is 1. The number of benzene rings is 1. The van der Waals surface area contributed by atoms with E-state index in [1.54, 1.807) is 24.3 Å². The summed E-state index contributed by atoms with van der Waals surface area (Å²) >= 11 is 1.23. The number of aromatic hydroxyl groups is 1. The van der Waals surface area contributed by atoms with Crippen molar-refractivity contribution >= 4 is 17.3 Å². The molecule has 0 saturated heterocycles. The Morgan fingerprint density at radius 2 is 2.16 bits per heavy atom. The van der Waals surface area contributed by atoms with Crippen LogP contribution in [0.25, 0.3) is 0 Å². The SMILES string of the molecule is CCc1cc(OCc2cccc(O)c2)c(C(=O)O)s1. The number of carboxylic acids is 1. The second kappa shape index (κ2) is 5.75. The maximum Gasteiger partial charge on any atom is 0.349 e. The number of hydrogen-bond donors (Lipinski definition) is 2. The molecule has 0 saturated carbocycles. The molecular formula is C14H14O4S. The van der Waals surface area contributed by atoms with Crippen LogP contribution in [0.1, 0.15) is 27.0 Å². The Balaban J connectivity index is 2.14. The standard InChI is InChI=1S/C14H14O4S/c1-2-11-7-12(13(19-11)14(16)17)18-8-9-4-3-5-10(15)6-9/h3-7,15H,2,8H2,1H3,(H,16,17). The lowest BCUT2D eigenvalue weighted by atomic mass is 10.2. The molecule has 2 N–H and O–H groups in total. The quantitative estimate of drug-likeness (QED) is 0.880. The van der Waals surface area contributed by atoms with Crippen LogP contribution < -0.4 is 4.74 Å². The van der Waals surface area contributed by atoms with Gasteiger partial charge in [-0.3, -0.25) is 0 Å². The van der Waals surface area contributed by atoms with E-state index in [9.17, 15) is 9.90 Å². The van der Waals surface area contributed by atoms with Crippen LogP contribution in [-0.4, -0.2) is 16.2 Å². The zero-order valence-corrected chi connectivity index (χ0v) is 11.2. The van der Waals surface area contributed by atoms with Crippen molar-refractivity contribution in [2.24, 2.45) is 0 Å². The molecule has 0 aliphatic rings. The molecule has 0 atom stereocenters. The van der Waals surface area contributed by atoms with Crippen molar-refractivity contribution < 1.29 is 19.7 Å². The van der Waals surface area contributed by atoms with E-state index >= 15 is 0 Å². The zero-order chi connectivity index (χ0) is 13.8. The van der Waals surface area contributed by atoms with Gasteiger partial charge in [0.05, 0.1) is 0 Å². The van der Waals surface area contributed by atoms with Crippen molar-refractivity contribution in [3.05, 3.63) is 45.6 Å². The summed E-state index contributed by atoms with van der Waals surface area (Å²) in [6.45, 7) is 2.20. The average Bonchev–Trinajstić information content (AvgIpc) is 2.80. The van der Waals surface area contributed by atoms with Gasteiger partial charge in [-0.05, 0) is 30.2 Å². The summed E-state index contributed by atoms with van der Waals surface area (Å²) in [6.07, 6.45) is 0.778. The summed E-state index contributed by atoms with van der Waals surface area (Å²) in [4.78, 5) is 12.3. The summed E-state index contributed by atoms with van der Waals surface area (Å²) in [5.41, 5.74) is 0.792. The van der Waals surface area contributed by atoms with Crippen LogP contribution in [-0.2, 0) is 13.0 Å². The van der Waals surface area contributed by atoms with E-state index in [1.807, 2.05) is 13.0 Å². The molecule has 0 radical (unpaired) electrons. The first kappa shape index (κ1) is 13.4. The van der Waals surface area contributed by atoms with E-state index in [1.165, 1.54) is 11.3 Å². The van der Waals surface area contributed by atoms with Crippen molar-refractivity contribution in [1.29, 1.82) is 0 Å². The van der Waals surface area contributed by atoms with E-state index < -0.39 is 5.97 Å². The Hall–Kier alpha value is -2.01. The van der Waals surface area contributed by atoms with Crippen LogP contribution in [0.5, 0.6) is 11.5 Å². The molecule has 2 aromatic rings. The minimum absolute atomic E-state index is 0.166. The van der Waals surface area contributed by atoms with Gasteiger partial charge in [0.1, 0.15) is 18.1 Å². The van der Waals surface area contributed by atoms with Crippen LogP contribution in [0.3, 0.4) is 0 Å². The number of thiophene rings is 1. The molecule has 5 heteroatoms. The molecular weight excluding hydrogens is 264 g/mol. The Bertz CT molecular complexity index is 589. The van der Waals surface area contributed by atoms with Gasteiger partial charge in [0.2, 0.25) is 0 Å².